The van der Waals surface area contributed by atoms with Gasteiger partial charge >= 0.3 is 6.09 Å². The minimum atomic E-state index is -0.565. The summed E-state index contributed by atoms with van der Waals surface area (Å²) in [4.78, 5) is 11.2. The summed E-state index contributed by atoms with van der Waals surface area (Å²) in [5.41, 5.74) is 4.46. The Morgan fingerprint density at radius 1 is 1.53 bits per heavy atom. The fourth-order valence-corrected chi connectivity index (χ4v) is 1.04. The average molecular weight is 237 g/mol. The van der Waals surface area contributed by atoms with Crippen molar-refractivity contribution in [3.63, 3.8) is 0 Å². The Balaban J connectivity index is 2.29. The minimum Gasteiger partial charge on any atom is -0.449 e. The smallest absolute Gasteiger partial charge is 0.422 e. The van der Waals surface area contributed by atoms with Gasteiger partial charge in [-0.2, -0.15) is 5.26 Å². The summed E-state index contributed by atoms with van der Waals surface area (Å²) < 4.78 is 10.1. The Kier molecular flexibility index (Phi) is 4.12. The fourth-order valence-electron chi connectivity index (χ4n) is 1.04. The van der Waals surface area contributed by atoms with Crippen LogP contribution in [0.2, 0.25) is 0 Å². The number of rotatable bonds is 3. The van der Waals surface area contributed by atoms with E-state index in [0.29, 0.717) is 5.76 Å². The first-order valence-electron chi connectivity index (χ1n) is 5.11. The van der Waals surface area contributed by atoms with Crippen molar-refractivity contribution in [3.8, 4) is 6.07 Å². The Hall–Kier alpha value is -2.00. The lowest BCUT2D eigenvalue weighted by Crippen LogP contribution is -2.40. The maximum absolute atomic E-state index is 11.2. The van der Waals surface area contributed by atoms with Crippen molar-refractivity contribution in [1.82, 2.24) is 10.9 Å². The van der Waals surface area contributed by atoms with E-state index in [1.54, 1.807) is 32.9 Å². The predicted molar refractivity (Wildman–Crippen MR) is 59.6 cm³/mol. The fraction of sp³-hybridized carbons (Fsp3) is 0.455. The third-order valence-corrected chi connectivity index (χ3v) is 1.62. The van der Waals surface area contributed by atoms with Crippen molar-refractivity contribution in [2.45, 2.75) is 32.9 Å². The van der Waals surface area contributed by atoms with E-state index in [-0.39, 0.29) is 12.3 Å². The van der Waals surface area contributed by atoms with Gasteiger partial charge < -0.3 is 9.15 Å². The van der Waals surface area contributed by atoms with Crippen molar-refractivity contribution in [2.24, 2.45) is 0 Å². The van der Waals surface area contributed by atoms with Crippen LogP contribution in [-0.4, -0.2) is 11.7 Å². The predicted octanol–water partition coefficient (Wildman–Crippen LogP) is 1.68. The van der Waals surface area contributed by atoms with Crippen LogP contribution in [0.25, 0.3) is 0 Å². The number of furan rings is 1. The second kappa shape index (κ2) is 5.37. The first-order chi connectivity index (χ1) is 7.90. The maximum atomic E-state index is 11.2. The minimum absolute atomic E-state index is 0.235. The normalized spacial score (nSPS) is 10.7. The Labute approximate surface area is 99.5 Å². The van der Waals surface area contributed by atoms with Crippen LogP contribution in [0.5, 0.6) is 0 Å². The second-order valence-electron chi connectivity index (χ2n) is 4.36. The molecule has 0 bridgehead atoms. The van der Waals surface area contributed by atoms with Crippen molar-refractivity contribution >= 4 is 6.09 Å². The number of carbonyl (C=O) groups excluding carboxylic acids is 1. The summed E-state index contributed by atoms with van der Waals surface area (Å²) >= 11 is 0. The molecule has 0 fully saturated rings. The zero-order valence-corrected chi connectivity index (χ0v) is 10.0. The average Bonchev–Trinajstić information content (AvgIpc) is 2.63. The Bertz CT molecular complexity index is 426. The van der Waals surface area contributed by atoms with E-state index in [2.05, 4.69) is 10.9 Å². The topological polar surface area (TPSA) is 87.3 Å². The molecule has 0 unspecified atom stereocenters. The second-order valence-corrected chi connectivity index (χ2v) is 4.36. The van der Waals surface area contributed by atoms with E-state index in [9.17, 15) is 4.79 Å². The molecule has 0 saturated heterocycles. The van der Waals surface area contributed by atoms with Gasteiger partial charge in [0.2, 0.25) is 5.76 Å². The highest BCUT2D eigenvalue weighted by Crippen LogP contribution is 2.07. The highest BCUT2D eigenvalue weighted by atomic mass is 16.6. The molecule has 1 amide bonds. The monoisotopic (exact) mass is 237 g/mol. The van der Waals surface area contributed by atoms with Crippen LogP contribution in [0.15, 0.2) is 16.5 Å². The zero-order chi connectivity index (χ0) is 12.9. The molecule has 1 heterocycles. The largest absolute Gasteiger partial charge is 0.449 e. The molecule has 0 aliphatic carbocycles. The lowest BCUT2D eigenvalue weighted by molar-refractivity contribution is 0.0495. The molecular weight excluding hydrogens is 222 g/mol. The number of hydrogen-bond donors (Lipinski definition) is 2. The molecule has 0 spiro atoms. The van der Waals surface area contributed by atoms with E-state index >= 15 is 0 Å². The standard InChI is InChI=1S/C11H15N3O3/c1-11(2,3)17-10(15)14-13-7-9-5-4-8(6-12)16-9/h4-5,13H,7H2,1-3H3,(H,14,15). The number of carbonyl (C=O) groups is 1. The SMILES string of the molecule is CC(C)(C)OC(=O)NNCc1ccc(C#N)o1. The lowest BCUT2D eigenvalue weighted by Gasteiger charge is -2.19. The van der Waals surface area contributed by atoms with E-state index in [1.807, 2.05) is 6.07 Å². The van der Waals surface area contributed by atoms with Gasteiger partial charge in [0.15, 0.2) is 0 Å². The van der Waals surface area contributed by atoms with Crippen LogP contribution in [-0.2, 0) is 11.3 Å². The van der Waals surface area contributed by atoms with Gasteiger partial charge in [-0.05, 0) is 32.9 Å². The number of amides is 1. The van der Waals surface area contributed by atoms with Gasteiger partial charge in [-0.25, -0.2) is 10.2 Å². The van der Waals surface area contributed by atoms with Gasteiger partial charge in [-0.3, -0.25) is 5.43 Å². The number of ether oxygens (including phenoxy) is 1. The Morgan fingerprint density at radius 3 is 2.76 bits per heavy atom. The molecule has 17 heavy (non-hydrogen) atoms. The lowest BCUT2D eigenvalue weighted by atomic mass is 10.2. The molecule has 6 nitrogen and oxygen atoms in total. The van der Waals surface area contributed by atoms with Crippen LogP contribution in [0.1, 0.15) is 32.3 Å². The van der Waals surface area contributed by atoms with E-state index in [4.69, 9.17) is 14.4 Å². The number of hydrazine groups is 1. The van der Waals surface area contributed by atoms with E-state index < -0.39 is 11.7 Å². The molecule has 2 N–H and O–H groups in total. The molecule has 1 aromatic heterocycles. The number of nitrogens with one attached hydrogen (secondary N) is 2. The maximum Gasteiger partial charge on any atom is 0.422 e. The van der Waals surface area contributed by atoms with Crippen LogP contribution in [0.4, 0.5) is 4.79 Å². The molecule has 0 atom stereocenters. The highest BCUT2D eigenvalue weighted by molar-refractivity contribution is 5.66. The third-order valence-electron chi connectivity index (χ3n) is 1.62. The molecule has 1 rings (SSSR count). The van der Waals surface area contributed by atoms with Crippen molar-refractivity contribution in [2.75, 3.05) is 0 Å². The van der Waals surface area contributed by atoms with Gasteiger partial charge in [0.25, 0.3) is 0 Å². The van der Waals surface area contributed by atoms with Crippen LogP contribution < -0.4 is 10.9 Å². The van der Waals surface area contributed by atoms with Crippen molar-refractivity contribution in [3.05, 3.63) is 23.7 Å². The first-order valence-corrected chi connectivity index (χ1v) is 5.11. The van der Waals surface area contributed by atoms with Gasteiger partial charge in [0, 0.05) is 0 Å². The van der Waals surface area contributed by atoms with Crippen LogP contribution in [0, 0.1) is 11.3 Å². The highest BCUT2D eigenvalue weighted by Gasteiger charge is 2.15. The molecule has 0 saturated carbocycles. The van der Waals surface area contributed by atoms with Crippen LogP contribution >= 0.6 is 0 Å². The third kappa shape index (κ3) is 5.04. The summed E-state index contributed by atoms with van der Waals surface area (Å²) in [6.07, 6.45) is -0.565. The van der Waals surface area contributed by atoms with Crippen LogP contribution in [0.3, 0.4) is 0 Å². The molecule has 0 aliphatic rings. The summed E-state index contributed by atoms with van der Waals surface area (Å²) in [7, 11) is 0. The summed E-state index contributed by atoms with van der Waals surface area (Å²) in [6, 6.07) is 5.09. The molecule has 0 radical (unpaired) electrons. The van der Waals surface area contributed by atoms with Gasteiger partial charge in [-0.1, -0.05) is 0 Å². The molecular formula is C11H15N3O3. The number of hydrogen-bond acceptors (Lipinski definition) is 5. The van der Waals surface area contributed by atoms with Crippen molar-refractivity contribution < 1.29 is 13.9 Å². The number of nitriles is 1. The van der Waals surface area contributed by atoms with Gasteiger partial charge in [0.1, 0.15) is 17.4 Å². The molecule has 0 aliphatic heterocycles. The Morgan fingerprint density at radius 2 is 2.24 bits per heavy atom. The molecule has 1 aromatic rings. The van der Waals surface area contributed by atoms with E-state index in [0.717, 1.165) is 0 Å². The molecule has 6 heteroatoms. The summed E-state index contributed by atoms with van der Waals surface area (Å²) in [5, 5.41) is 8.54. The summed E-state index contributed by atoms with van der Waals surface area (Å²) in [5.74, 6) is 0.789. The van der Waals surface area contributed by atoms with Gasteiger partial charge in [-0.15, -0.1) is 0 Å². The first kappa shape index (κ1) is 13.1. The quantitative estimate of drug-likeness (QED) is 0.781. The summed E-state index contributed by atoms with van der Waals surface area (Å²) in [6.45, 7) is 5.61. The number of nitrogens with zero attached hydrogens (tertiary/aromatic N) is 1. The molecule has 0 aromatic carbocycles. The zero-order valence-electron chi connectivity index (χ0n) is 10.0. The molecule has 92 valence electrons. The van der Waals surface area contributed by atoms with Crippen molar-refractivity contribution in [1.29, 1.82) is 5.26 Å². The van der Waals surface area contributed by atoms with Gasteiger partial charge in [0.05, 0.1) is 6.54 Å². The van der Waals surface area contributed by atoms with E-state index in [1.165, 1.54) is 0 Å².